The molecule has 5 heteroatoms. The van der Waals surface area contributed by atoms with Crippen LogP contribution in [0, 0.1) is 12.7 Å². The first-order valence-electron chi connectivity index (χ1n) is 8.19. The molecular formula is C20H23FN2O2. The average molecular weight is 342 g/mol. The fraction of sp³-hybridized carbons (Fsp3) is 0.300. The molecule has 0 aliphatic heterocycles. The Hall–Kier alpha value is -2.69. The lowest BCUT2D eigenvalue weighted by molar-refractivity contribution is -0.123. The molecule has 0 fully saturated rings. The largest absolute Gasteiger partial charge is 0.483 e. The van der Waals surface area contributed by atoms with Gasteiger partial charge in [-0.15, -0.1) is 0 Å². The van der Waals surface area contributed by atoms with Gasteiger partial charge in [-0.25, -0.2) is 9.82 Å². The Labute approximate surface area is 147 Å². The molecule has 0 spiro atoms. The number of nitrogens with one attached hydrogen (secondary N) is 1. The Morgan fingerprint density at radius 3 is 2.52 bits per heavy atom. The molecular weight excluding hydrogens is 319 g/mol. The van der Waals surface area contributed by atoms with Crippen molar-refractivity contribution in [2.75, 3.05) is 6.61 Å². The topological polar surface area (TPSA) is 50.7 Å². The number of carbonyl (C=O) groups excluding carboxylic acids is 1. The summed E-state index contributed by atoms with van der Waals surface area (Å²) in [6.07, 6.45) is 0. The van der Waals surface area contributed by atoms with Gasteiger partial charge in [0.2, 0.25) is 0 Å². The maximum atomic E-state index is 12.9. The maximum absolute atomic E-state index is 12.9. The number of aryl methyl sites for hydroxylation is 1. The van der Waals surface area contributed by atoms with Gasteiger partial charge in [-0.3, -0.25) is 4.79 Å². The second kappa shape index (κ2) is 8.42. The Morgan fingerprint density at radius 2 is 1.88 bits per heavy atom. The molecule has 0 radical (unpaired) electrons. The molecule has 2 rings (SSSR count). The van der Waals surface area contributed by atoms with Crippen LogP contribution in [-0.2, 0) is 4.79 Å². The molecule has 132 valence electrons. The van der Waals surface area contributed by atoms with Gasteiger partial charge in [0.15, 0.2) is 6.61 Å². The molecule has 1 N–H and O–H groups in total. The zero-order valence-electron chi connectivity index (χ0n) is 15.0. The summed E-state index contributed by atoms with van der Waals surface area (Å²) in [5.74, 6) is 0.354. The molecule has 0 aliphatic carbocycles. The van der Waals surface area contributed by atoms with E-state index in [1.54, 1.807) is 19.1 Å². The quantitative estimate of drug-likeness (QED) is 0.632. The fourth-order valence-electron chi connectivity index (χ4n) is 2.32. The Balaban J connectivity index is 1.96. The van der Waals surface area contributed by atoms with E-state index in [0.717, 1.165) is 16.7 Å². The molecule has 0 saturated carbocycles. The van der Waals surface area contributed by atoms with Crippen molar-refractivity contribution >= 4 is 11.6 Å². The van der Waals surface area contributed by atoms with Crippen molar-refractivity contribution in [1.29, 1.82) is 0 Å². The van der Waals surface area contributed by atoms with Crippen molar-refractivity contribution in [1.82, 2.24) is 5.43 Å². The van der Waals surface area contributed by atoms with Crippen LogP contribution in [0.15, 0.2) is 47.6 Å². The second-order valence-corrected chi connectivity index (χ2v) is 6.22. The minimum atomic E-state index is -0.349. The highest BCUT2D eigenvalue weighted by atomic mass is 19.1. The summed E-state index contributed by atoms with van der Waals surface area (Å²) in [6, 6.07) is 11.9. The monoisotopic (exact) mass is 342 g/mol. The lowest BCUT2D eigenvalue weighted by Gasteiger charge is -2.14. The Morgan fingerprint density at radius 1 is 1.20 bits per heavy atom. The molecule has 0 heterocycles. The normalized spacial score (nSPS) is 11.5. The Kier molecular flexibility index (Phi) is 6.28. The summed E-state index contributed by atoms with van der Waals surface area (Å²) >= 11 is 0. The van der Waals surface area contributed by atoms with Gasteiger partial charge in [-0.1, -0.05) is 38.1 Å². The number of amides is 1. The van der Waals surface area contributed by atoms with E-state index in [1.807, 2.05) is 25.1 Å². The molecule has 2 aromatic carbocycles. The minimum Gasteiger partial charge on any atom is -0.483 e. The van der Waals surface area contributed by atoms with Gasteiger partial charge in [-0.05, 0) is 54.7 Å². The van der Waals surface area contributed by atoms with E-state index < -0.39 is 0 Å². The first-order valence-corrected chi connectivity index (χ1v) is 8.19. The molecule has 25 heavy (non-hydrogen) atoms. The van der Waals surface area contributed by atoms with Gasteiger partial charge < -0.3 is 4.74 Å². The lowest BCUT2D eigenvalue weighted by atomic mass is 10.0. The van der Waals surface area contributed by atoms with Crippen molar-refractivity contribution in [3.8, 4) is 5.75 Å². The predicted octanol–water partition coefficient (Wildman–Crippen LogP) is 4.18. The van der Waals surface area contributed by atoms with Crippen molar-refractivity contribution in [2.24, 2.45) is 5.10 Å². The summed E-state index contributed by atoms with van der Waals surface area (Å²) in [5, 5.41) is 4.03. The van der Waals surface area contributed by atoms with Crippen molar-refractivity contribution in [2.45, 2.75) is 33.6 Å². The number of halogens is 1. The summed E-state index contributed by atoms with van der Waals surface area (Å²) in [7, 11) is 0. The van der Waals surface area contributed by atoms with Crippen LogP contribution in [0.5, 0.6) is 5.75 Å². The molecule has 0 bridgehead atoms. The lowest BCUT2D eigenvalue weighted by Crippen LogP contribution is -2.26. The van der Waals surface area contributed by atoms with E-state index in [-0.39, 0.29) is 18.3 Å². The molecule has 4 nitrogen and oxygen atoms in total. The molecule has 0 atom stereocenters. The third-order valence-electron chi connectivity index (χ3n) is 3.76. The fourth-order valence-corrected chi connectivity index (χ4v) is 2.32. The summed E-state index contributed by atoms with van der Waals surface area (Å²) in [4.78, 5) is 12.0. The number of nitrogens with zero attached hydrogens (tertiary/aromatic N) is 1. The van der Waals surface area contributed by atoms with Crippen LogP contribution < -0.4 is 10.2 Å². The predicted molar refractivity (Wildman–Crippen MR) is 97.5 cm³/mol. The highest BCUT2D eigenvalue weighted by molar-refractivity contribution is 5.99. The van der Waals surface area contributed by atoms with Crippen LogP contribution in [-0.4, -0.2) is 18.2 Å². The van der Waals surface area contributed by atoms with Gasteiger partial charge in [0.25, 0.3) is 5.91 Å². The maximum Gasteiger partial charge on any atom is 0.277 e. The van der Waals surface area contributed by atoms with Gasteiger partial charge in [0.1, 0.15) is 11.6 Å². The van der Waals surface area contributed by atoms with Crippen LogP contribution in [0.1, 0.15) is 43.4 Å². The summed E-state index contributed by atoms with van der Waals surface area (Å²) in [6.45, 7) is 7.75. The van der Waals surface area contributed by atoms with Gasteiger partial charge in [-0.2, -0.15) is 5.10 Å². The number of benzene rings is 2. The van der Waals surface area contributed by atoms with Crippen molar-refractivity contribution in [3.63, 3.8) is 0 Å². The average Bonchev–Trinajstić information content (AvgIpc) is 2.58. The van der Waals surface area contributed by atoms with Crippen LogP contribution in [0.4, 0.5) is 4.39 Å². The number of carbonyl (C=O) groups is 1. The number of ether oxygens (including phenoxy) is 1. The van der Waals surface area contributed by atoms with Gasteiger partial charge in [0, 0.05) is 0 Å². The number of hydrogen-bond donors (Lipinski definition) is 1. The Bertz CT molecular complexity index is 768. The van der Waals surface area contributed by atoms with Crippen LogP contribution in [0.3, 0.4) is 0 Å². The molecule has 1 amide bonds. The van der Waals surface area contributed by atoms with E-state index in [1.165, 1.54) is 12.1 Å². The van der Waals surface area contributed by atoms with E-state index >= 15 is 0 Å². The van der Waals surface area contributed by atoms with Gasteiger partial charge >= 0.3 is 0 Å². The van der Waals surface area contributed by atoms with Gasteiger partial charge in [0.05, 0.1) is 5.71 Å². The second-order valence-electron chi connectivity index (χ2n) is 6.22. The van der Waals surface area contributed by atoms with Crippen molar-refractivity contribution < 1.29 is 13.9 Å². The zero-order chi connectivity index (χ0) is 18.4. The zero-order valence-corrected chi connectivity index (χ0v) is 15.0. The number of hydrogen-bond acceptors (Lipinski definition) is 3. The molecule has 0 aliphatic rings. The third-order valence-corrected chi connectivity index (χ3v) is 3.76. The summed E-state index contributed by atoms with van der Waals surface area (Å²) in [5.41, 5.74) is 5.92. The standard InChI is InChI=1S/C20H23FN2O2/c1-13(2)18-10-5-14(3)11-19(18)25-12-20(24)23-22-15(4)16-6-8-17(21)9-7-16/h5-11,13H,12H2,1-4H3,(H,23,24). The minimum absolute atomic E-state index is 0.122. The van der Waals surface area contributed by atoms with Crippen LogP contribution in [0.2, 0.25) is 0 Å². The summed E-state index contributed by atoms with van der Waals surface area (Å²) < 4.78 is 18.6. The van der Waals surface area contributed by atoms with E-state index in [0.29, 0.717) is 17.4 Å². The third kappa shape index (κ3) is 5.41. The van der Waals surface area contributed by atoms with E-state index in [9.17, 15) is 9.18 Å². The molecule has 0 unspecified atom stereocenters. The first kappa shape index (κ1) is 18.6. The molecule has 2 aromatic rings. The SMILES string of the molecule is CC(=NNC(=O)COc1cc(C)ccc1C(C)C)c1ccc(F)cc1. The molecule has 0 aromatic heterocycles. The molecule has 0 saturated heterocycles. The highest BCUT2D eigenvalue weighted by Crippen LogP contribution is 2.27. The van der Waals surface area contributed by atoms with Crippen molar-refractivity contribution in [3.05, 3.63) is 65.0 Å². The smallest absolute Gasteiger partial charge is 0.277 e. The first-order chi connectivity index (χ1) is 11.9. The number of hydrazone groups is 1. The highest BCUT2D eigenvalue weighted by Gasteiger charge is 2.10. The van der Waals surface area contributed by atoms with E-state index in [2.05, 4.69) is 24.4 Å². The number of rotatable bonds is 6. The van der Waals surface area contributed by atoms with E-state index in [4.69, 9.17) is 4.74 Å². The van der Waals surface area contributed by atoms with Crippen LogP contribution >= 0.6 is 0 Å². The van der Waals surface area contributed by atoms with Crippen LogP contribution in [0.25, 0.3) is 0 Å².